The van der Waals surface area contributed by atoms with Crippen LogP contribution in [0.5, 0.6) is 0 Å². The van der Waals surface area contributed by atoms with Crippen molar-refractivity contribution >= 4 is 27.5 Å². The Morgan fingerprint density at radius 1 is 1.29 bits per heavy atom. The lowest BCUT2D eigenvalue weighted by Gasteiger charge is -2.33. The Bertz CT molecular complexity index is 473. The predicted molar refractivity (Wildman–Crippen MR) is 88.3 cm³/mol. The van der Waals surface area contributed by atoms with Crippen LogP contribution >= 0.6 is 11.8 Å². The van der Waals surface area contributed by atoms with Gasteiger partial charge in [-0.1, -0.05) is 20.3 Å². The van der Waals surface area contributed by atoms with Crippen molar-refractivity contribution in [3.05, 3.63) is 0 Å². The Labute approximate surface area is 133 Å². The fraction of sp³-hybridized carbons (Fsp3) is 0.933. The quantitative estimate of drug-likeness (QED) is 0.717. The van der Waals surface area contributed by atoms with Crippen LogP contribution < -0.4 is 0 Å². The third-order valence-corrected chi connectivity index (χ3v) is 8.03. The maximum atomic E-state index is 12.6. The number of nitrogens with zero attached hydrogens (tertiary/aromatic N) is 1. The van der Waals surface area contributed by atoms with Gasteiger partial charge in [0.05, 0.1) is 17.3 Å². The number of thioether (sulfide) groups is 1. The van der Waals surface area contributed by atoms with E-state index >= 15 is 0 Å². The molecule has 6 heteroatoms. The van der Waals surface area contributed by atoms with Crippen molar-refractivity contribution < 1.29 is 13.2 Å². The van der Waals surface area contributed by atoms with Crippen LogP contribution in [-0.4, -0.2) is 53.8 Å². The minimum absolute atomic E-state index is 0.110. The summed E-state index contributed by atoms with van der Waals surface area (Å²) in [6.07, 6.45) is 4.01. The molecule has 1 saturated heterocycles. The molecule has 2 aliphatic rings. The van der Waals surface area contributed by atoms with Gasteiger partial charge in [-0.15, -0.1) is 11.8 Å². The van der Waals surface area contributed by atoms with E-state index in [2.05, 4.69) is 25.7 Å². The van der Waals surface area contributed by atoms with Gasteiger partial charge in [-0.2, -0.15) is 0 Å². The lowest BCUT2D eigenvalue weighted by molar-refractivity contribution is -0.132. The minimum Gasteiger partial charge on any atom is -0.336 e. The third kappa shape index (κ3) is 4.62. The zero-order valence-corrected chi connectivity index (χ0v) is 14.9. The number of carbonyl (C=O) groups excluding carboxylic acids is 1. The number of hydrogen-bond acceptors (Lipinski definition) is 4. The summed E-state index contributed by atoms with van der Waals surface area (Å²) in [6.45, 7) is 6.51. The van der Waals surface area contributed by atoms with Crippen LogP contribution in [0.1, 0.15) is 46.5 Å². The fourth-order valence-electron chi connectivity index (χ4n) is 2.89. The smallest absolute Gasteiger partial charge is 0.233 e. The topological polar surface area (TPSA) is 54.5 Å². The van der Waals surface area contributed by atoms with E-state index in [-0.39, 0.29) is 28.7 Å². The summed E-state index contributed by atoms with van der Waals surface area (Å²) in [6, 6.07) is 0.706. The van der Waals surface area contributed by atoms with Crippen LogP contribution in [0.15, 0.2) is 0 Å². The average Bonchev–Trinajstić information content (AvgIpc) is 3.19. The molecule has 3 unspecified atom stereocenters. The largest absolute Gasteiger partial charge is 0.336 e. The van der Waals surface area contributed by atoms with E-state index in [0.717, 1.165) is 19.3 Å². The molecule has 21 heavy (non-hydrogen) atoms. The average molecular weight is 334 g/mol. The van der Waals surface area contributed by atoms with E-state index in [9.17, 15) is 13.2 Å². The van der Waals surface area contributed by atoms with Crippen molar-refractivity contribution in [2.24, 2.45) is 5.92 Å². The summed E-state index contributed by atoms with van der Waals surface area (Å²) in [5, 5.41) is 0.110. The first-order valence-electron chi connectivity index (χ1n) is 7.97. The van der Waals surface area contributed by atoms with Gasteiger partial charge < -0.3 is 4.90 Å². The zero-order valence-electron chi connectivity index (χ0n) is 13.2. The highest BCUT2D eigenvalue weighted by Crippen LogP contribution is 2.33. The summed E-state index contributed by atoms with van der Waals surface area (Å²) in [7, 11) is -2.85. The standard InChI is InChI=1S/C15H27NO3S2/c1-4-11(2)12(3)16(13-5-6-13)15(17)9-20-14-7-8-21(18,19)10-14/h11-14H,4-10H2,1-3H3. The highest BCUT2D eigenvalue weighted by atomic mass is 32.2. The van der Waals surface area contributed by atoms with Crippen LogP contribution in [0.3, 0.4) is 0 Å². The van der Waals surface area contributed by atoms with Crippen molar-refractivity contribution in [3.63, 3.8) is 0 Å². The van der Waals surface area contributed by atoms with Crippen LogP contribution in [0.4, 0.5) is 0 Å². The molecule has 1 saturated carbocycles. The molecule has 1 aliphatic heterocycles. The van der Waals surface area contributed by atoms with Gasteiger partial charge in [0.15, 0.2) is 9.84 Å². The zero-order chi connectivity index (χ0) is 15.6. The molecule has 0 spiro atoms. The number of carbonyl (C=O) groups is 1. The SMILES string of the molecule is CCC(C)C(C)N(C(=O)CSC1CCS(=O)(=O)C1)C1CC1. The Morgan fingerprint density at radius 3 is 2.43 bits per heavy atom. The molecular formula is C15H27NO3S2. The molecule has 1 aliphatic carbocycles. The number of hydrogen-bond donors (Lipinski definition) is 0. The monoisotopic (exact) mass is 333 g/mol. The molecule has 122 valence electrons. The Kier molecular flexibility index (Phi) is 5.63. The van der Waals surface area contributed by atoms with Crippen molar-refractivity contribution in [1.82, 2.24) is 4.90 Å². The Hall–Kier alpha value is -0.230. The Morgan fingerprint density at radius 2 is 1.95 bits per heavy atom. The van der Waals surface area contributed by atoms with Crippen LogP contribution in [0.2, 0.25) is 0 Å². The fourth-order valence-corrected chi connectivity index (χ4v) is 6.40. The molecule has 0 aromatic heterocycles. The molecule has 2 fully saturated rings. The molecule has 0 bridgehead atoms. The first kappa shape index (κ1) is 17.1. The summed E-state index contributed by atoms with van der Waals surface area (Å²) < 4.78 is 22.9. The van der Waals surface area contributed by atoms with Crippen LogP contribution in [-0.2, 0) is 14.6 Å². The van der Waals surface area contributed by atoms with E-state index in [4.69, 9.17) is 0 Å². The van der Waals surface area contributed by atoms with Gasteiger partial charge in [0.2, 0.25) is 5.91 Å². The van der Waals surface area contributed by atoms with Gasteiger partial charge in [0.25, 0.3) is 0 Å². The summed E-state index contributed by atoms with van der Waals surface area (Å²) in [4.78, 5) is 14.6. The molecule has 0 aromatic carbocycles. The van der Waals surface area contributed by atoms with Crippen LogP contribution in [0, 0.1) is 5.92 Å². The second-order valence-corrected chi connectivity index (χ2v) is 10.0. The molecule has 1 amide bonds. The van der Waals surface area contributed by atoms with E-state index in [1.54, 1.807) is 0 Å². The van der Waals surface area contributed by atoms with Crippen molar-refractivity contribution in [1.29, 1.82) is 0 Å². The van der Waals surface area contributed by atoms with Crippen molar-refractivity contribution in [2.45, 2.75) is 63.8 Å². The normalized spacial score (nSPS) is 27.3. The molecule has 0 aromatic rings. The maximum absolute atomic E-state index is 12.6. The second kappa shape index (κ2) is 6.90. The van der Waals surface area contributed by atoms with Crippen molar-refractivity contribution in [2.75, 3.05) is 17.3 Å². The van der Waals surface area contributed by atoms with Crippen molar-refractivity contribution in [3.8, 4) is 0 Å². The molecule has 2 rings (SSSR count). The molecule has 4 nitrogen and oxygen atoms in total. The lowest BCUT2D eigenvalue weighted by Crippen LogP contribution is -2.44. The molecule has 1 heterocycles. The van der Waals surface area contributed by atoms with Gasteiger partial charge in [0, 0.05) is 17.3 Å². The lowest BCUT2D eigenvalue weighted by atomic mass is 9.99. The van der Waals surface area contributed by atoms with E-state index in [1.165, 1.54) is 11.8 Å². The van der Waals surface area contributed by atoms with E-state index in [1.807, 2.05) is 0 Å². The third-order valence-electron chi connectivity index (χ3n) is 4.77. The number of sulfone groups is 1. The van der Waals surface area contributed by atoms with E-state index < -0.39 is 9.84 Å². The first-order valence-corrected chi connectivity index (χ1v) is 10.8. The predicted octanol–water partition coefficient (Wildman–Crippen LogP) is 2.33. The first-order chi connectivity index (χ1) is 9.84. The van der Waals surface area contributed by atoms with Gasteiger partial charge in [-0.05, 0) is 32.1 Å². The highest BCUT2D eigenvalue weighted by Gasteiger charge is 2.37. The summed E-state index contributed by atoms with van der Waals surface area (Å²) in [5.74, 6) is 1.66. The van der Waals surface area contributed by atoms with Crippen LogP contribution in [0.25, 0.3) is 0 Å². The highest BCUT2D eigenvalue weighted by molar-refractivity contribution is 8.02. The summed E-state index contributed by atoms with van der Waals surface area (Å²) >= 11 is 1.53. The molecule has 0 N–H and O–H groups in total. The minimum atomic E-state index is -2.85. The maximum Gasteiger partial charge on any atom is 0.233 e. The molecule has 0 radical (unpaired) electrons. The summed E-state index contributed by atoms with van der Waals surface area (Å²) in [5.41, 5.74) is 0. The van der Waals surface area contributed by atoms with Gasteiger partial charge >= 0.3 is 0 Å². The number of amides is 1. The number of rotatable bonds is 7. The van der Waals surface area contributed by atoms with Gasteiger partial charge in [-0.25, -0.2) is 8.42 Å². The Balaban J connectivity index is 1.88. The van der Waals surface area contributed by atoms with Gasteiger partial charge in [-0.3, -0.25) is 4.79 Å². The molecule has 3 atom stereocenters. The van der Waals surface area contributed by atoms with Gasteiger partial charge in [0.1, 0.15) is 0 Å². The van der Waals surface area contributed by atoms with E-state index in [0.29, 0.717) is 24.1 Å². The molecular weight excluding hydrogens is 306 g/mol. The second-order valence-electron chi connectivity index (χ2n) is 6.49.